The van der Waals surface area contributed by atoms with E-state index in [9.17, 15) is 8.42 Å². The quantitative estimate of drug-likeness (QED) is 0.472. The summed E-state index contributed by atoms with van der Waals surface area (Å²) in [6, 6.07) is 7.32. The SMILES string of the molecule is C#Cc1ccccc1C1OC=C(Sc2nc3c(N)ncnc3n2CCS(=O)(=O)NCC)O1. The van der Waals surface area contributed by atoms with Gasteiger partial charge in [-0.25, -0.2) is 28.1 Å². The second kappa shape index (κ2) is 9.07. The monoisotopic (exact) mass is 472 g/mol. The average Bonchev–Trinajstić information content (AvgIpc) is 3.38. The highest BCUT2D eigenvalue weighted by atomic mass is 32.2. The second-order valence-corrected chi connectivity index (χ2v) is 9.55. The normalized spacial score (nSPS) is 15.8. The lowest BCUT2D eigenvalue weighted by Crippen LogP contribution is -2.28. The fourth-order valence-electron chi connectivity index (χ4n) is 3.10. The van der Waals surface area contributed by atoms with Crippen molar-refractivity contribution in [3.8, 4) is 12.3 Å². The van der Waals surface area contributed by atoms with E-state index in [1.165, 1.54) is 12.6 Å². The van der Waals surface area contributed by atoms with Gasteiger partial charge < -0.3 is 19.8 Å². The largest absolute Gasteiger partial charge is 0.454 e. The maximum Gasteiger partial charge on any atom is 0.269 e. The number of anilines is 1. The molecule has 0 saturated carbocycles. The van der Waals surface area contributed by atoms with Gasteiger partial charge >= 0.3 is 0 Å². The number of nitrogens with one attached hydrogen (secondary N) is 1. The molecule has 0 aliphatic carbocycles. The molecule has 166 valence electrons. The summed E-state index contributed by atoms with van der Waals surface area (Å²) >= 11 is 1.16. The van der Waals surface area contributed by atoms with Gasteiger partial charge in [0.05, 0.1) is 5.75 Å². The number of nitrogens with two attached hydrogens (primary N) is 1. The number of aryl methyl sites for hydroxylation is 1. The first-order valence-corrected chi connectivity index (χ1v) is 12.1. The van der Waals surface area contributed by atoms with Crippen molar-refractivity contribution >= 4 is 38.8 Å². The molecule has 0 amide bonds. The van der Waals surface area contributed by atoms with Gasteiger partial charge in [-0.05, 0) is 17.8 Å². The Balaban J connectivity index is 1.59. The number of thioether (sulfide) groups is 1. The lowest BCUT2D eigenvalue weighted by Gasteiger charge is -2.13. The number of hydrogen-bond donors (Lipinski definition) is 2. The van der Waals surface area contributed by atoms with Crippen LogP contribution in [0.15, 0.2) is 47.1 Å². The van der Waals surface area contributed by atoms with E-state index in [1.807, 2.05) is 18.2 Å². The molecule has 3 heterocycles. The van der Waals surface area contributed by atoms with Crippen molar-refractivity contribution in [2.24, 2.45) is 0 Å². The van der Waals surface area contributed by atoms with E-state index in [0.29, 0.717) is 33.5 Å². The van der Waals surface area contributed by atoms with E-state index in [1.54, 1.807) is 17.6 Å². The van der Waals surface area contributed by atoms with Crippen LogP contribution >= 0.6 is 11.8 Å². The molecule has 10 nitrogen and oxygen atoms in total. The smallest absolute Gasteiger partial charge is 0.269 e. The molecule has 1 atom stereocenters. The van der Waals surface area contributed by atoms with Gasteiger partial charge in [-0.3, -0.25) is 0 Å². The van der Waals surface area contributed by atoms with E-state index >= 15 is 0 Å². The topological polar surface area (TPSA) is 134 Å². The van der Waals surface area contributed by atoms with Gasteiger partial charge in [0.2, 0.25) is 15.1 Å². The van der Waals surface area contributed by atoms with E-state index in [-0.39, 0.29) is 18.1 Å². The summed E-state index contributed by atoms with van der Waals surface area (Å²) in [5, 5.41) is 0.874. The Kier molecular flexibility index (Phi) is 6.22. The number of nitrogens with zero attached hydrogens (tertiary/aromatic N) is 4. The molecule has 0 fully saturated rings. The molecule has 3 N–H and O–H groups in total. The number of terminal acetylenes is 1. The maximum atomic E-state index is 12.2. The zero-order chi connectivity index (χ0) is 22.7. The third kappa shape index (κ3) is 4.50. The van der Waals surface area contributed by atoms with Crippen molar-refractivity contribution in [3.63, 3.8) is 0 Å². The molecule has 1 aliphatic rings. The summed E-state index contributed by atoms with van der Waals surface area (Å²) in [5.74, 6) is 2.66. The van der Waals surface area contributed by atoms with Gasteiger partial charge in [0.1, 0.15) is 12.6 Å². The van der Waals surface area contributed by atoms with Gasteiger partial charge in [0.25, 0.3) is 6.29 Å². The Hall–Kier alpha value is -3.27. The summed E-state index contributed by atoms with van der Waals surface area (Å²) in [6.07, 6.45) is 7.65. The number of sulfonamides is 1. The molecule has 1 aliphatic heterocycles. The van der Waals surface area contributed by atoms with Crippen LogP contribution < -0.4 is 10.5 Å². The molecule has 1 aromatic carbocycles. The molecule has 2 aromatic heterocycles. The fraction of sp³-hybridized carbons (Fsp3) is 0.250. The predicted molar refractivity (Wildman–Crippen MR) is 120 cm³/mol. The van der Waals surface area contributed by atoms with E-state index in [4.69, 9.17) is 21.6 Å². The zero-order valence-electron chi connectivity index (χ0n) is 17.1. The minimum atomic E-state index is -3.45. The number of imidazole rings is 1. The Bertz CT molecular complexity index is 1330. The molecule has 12 heteroatoms. The minimum absolute atomic E-state index is 0.113. The van der Waals surface area contributed by atoms with Crippen LogP contribution in [-0.4, -0.2) is 40.2 Å². The lowest BCUT2D eigenvalue weighted by atomic mass is 10.1. The molecular formula is C20H20N6O4S2. The highest BCUT2D eigenvalue weighted by Gasteiger charge is 2.27. The molecule has 0 saturated heterocycles. The first-order chi connectivity index (χ1) is 15.4. The number of aromatic nitrogens is 4. The van der Waals surface area contributed by atoms with Crippen molar-refractivity contribution in [3.05, 3.63) is 53.1 Å². The number of rotatable bonds is 8. The van der Waals surface area contributed by atoms with Crippen LogP contribution in [0.5, 0.6) is 0 Å². The van der Waals surface area contributed by atoms with Crippen LogP contribution in [0.4, 0.5) is 5.82 Å². The maximum absolute atomic E-state index is 12.2. The van der Waals surface area contributed by atoms with Crippen molar-refractivity contribution in [2.75, 3.05) is 18.0 Å². The van der Waals surface area contributed by atoms with Crippen molar-refractivity contribution in [2.45, 2.75) is 24.9 Å². The Morgan fingerprint density at radius 1 is 1.34 bits per heavy atom. The third-order valence-electron chi connectivity index (χ3n) is 4.55. The summed E-state index contributed by atoms with van der Waals surface area (Å²) in [4.78, 5) is 12.7. The van der Waals surface area contributed by atoms with Gasteiger partial charge in [-0.1, -0.05) is 31.0 Å². The van der Waals surface area contributed by atoms with E-state index in [2.05, 4.69) is 25.6 Å². The highest BCUT2D eigenvalue weighted by Crippen LogP contribution is 2.39. The van der Waals surface area contributed by atoms with E-state index < -0.39 is 16.3 Å². The van der Waals surface area contributed by atoms with Crippen molar-refractivity contribution in [1.29, 1.82) is 0 Å². The summed E-state index contributed by atoms with van der Waals surface area (Å²) < 4.78 is 40.0. The van der Waals surface area contributed by atoms with Crippen LogP contribution in [0.3, 0.4) is 0 Å². The number of ether oxygens (including phenoxy) is 2. The van der Waals surface area contributed by atoms with Crippen molar-refractivity contribution < 1.29 is 17.9 Å². The Labute approximate surface area is 189 Å². The molecule has 0 radical (unpaired) electrons. The number of fused-ring (bicyclic) bond motifs is 1. The summed E-state index contributed by atoms with van der Waals surface area (Å²) in [7, 11) is -3.45. The van der Waals surface area contributed by atoms with Gasteiger partial charge in [0, 0.05) is 24.2 Å². The minimum Gasteiger partial charge on any atom is -0.454 e. The molecule has 1 unspecified atom stereocenters. The number of nitrogen functional groups attached to an aromatic ring is 1. The fourth-order valence-corrected chi connectivity index (χ4v) is 4.96. The van der Waals surface area contributed by atoms with Gasteiger partial charge in [-0.2, -0.15) is 0 Å². The van der Waals surface area contributed by atoms with Crippen LogP contribution in [-0.2, 0) is 26.0 Å². The lowest BCUT2D eigenvalue weighted by molar-refractivity contribution is -0.0275. The third-order valence-corrected chi connectivity index (χ3v) is 6.88. The molecule has 3 aromatic rings. The first kappa shape index (κ1) is 21.9. The molecular weight excluding hydrogens is 452 g/mol. The second-order valence-electron chi connectivity index (χ2n) is 6.65. The summed E-state index contributed by atoms with van der Waals surface area (Å²) in [5.41, 5.74) is 8.15. The first-order valence-electron chi connectivity index (χ1n) is 9.61. The zero-order valence-corrected chi connectivity index (χ0v) is 18.7. The van der Waals surface area contributed by atoms with Gasteiger partial charge in [-0.15, -0.1) is 6.42 Å². The molecule has 0 bridgehead atoms. The van der Waals surface area contributed by atoms with Crippen LogP contribution in [0.1, 0.15) is 24.3 Å². The Morgan fingerprint density at radius 2 is 2.16 bits per heavy atom. The molecule has 4 rings (SSSR count). The predicted octanol–water partition coefficient (Wildman–Crippen LogP) is 1.97. The average molecular weight is 473 g/mol. The van der Waals surface area contributed by atoms with Gasteiger partial charge in [0.15, 0.2) is 22.1 Å². The van der Waals surface area contributed by atoms with Crippen LogP contribution in [0.25, 0.3) is 11.2 Å². The summed E-state index contributed by atoms with van der Waals surface area (Å²) in [6.45, 7) is 2.14. The number of hydrogen-bond acceptors (Lipinski definition) is 9. The number of benzene rings is 1. The molecule has 32 heavy (non-hydrogen) atoms. The van der Waals surface area contributed by atoms with Crippen LogP contribution in [0, 0.1) is 12.3 Å². The molecule has 0 spiro atoms. The van der Waals surface area contributed by atoms with Crippen LogP contribution in [0.2, 0.25) is 0 Å². The standard InChI is InChI=1S/C20H20N6O4S2/c1-3-13-7-5-6-8-14(13)19-29-11-15(30-19)31-20-25-16-17(21)22-12-23-18(16)26(20)9-10-32(27,28)24-4-2/h1,5-8,11-12,19,24H,4,9-10H2,2H3,(H2,21,22,23). The Morgan fingerprint density at radius 3 is 2.94 bits per heavy atom. The van der Waals surface area contributed by atoms with Crippen molar-refractivity contribution in [1.82, 2.24) is 24.2 Å². The highest BCUT2D eigenvalue weighted by molar-refractivity contribution is 8.02. The van der Waals surface area contributed by atoms with E-state index in [0.717, 1.165) is 17.3 Å².